The van der Waals surface area contributed by atoms with Gasteiger partial charge in [-0.1, -0.05) is 0 Å². The lowest BCUT2D eigenvalue weighted by atomic mass is 9.99. The second-order valence-corrected chi connectivity index (χ2v) is 6.89. The summed E-state index contributed by atoms with van der Waals surface area (Å²) in [5.74, 6) is 1.44. The summed E-state index contributed by atoms with van der Waals surface area (Å²) < 4.78 is 0. The van der Waals surface area contributed by atoms with Gasteiger partial charge < -0.3 is 10.3 Å². The van der Waals surface area contributed by atoms with E-state index in [1.807, 2.05) is 18.3 Å². The largest absolute Gasteiger partial charge is 0.366 e. The topological polar surface area (TPSA) is 82.3 Å². The number of pyridine rings is 2. The van der Waals surface area contributed by atoms with Crippen LogP contribution in [0, 0.1) is 6.92 Å². The molecule has 0 saturated heterocycles. The lowest BCUT2D eigenvalue weighted by Crippen LogP contribution is -2.02. The minimum atomic E-state index is 0.588. The van der Waals surface area contributed by atoms with E-state index in [2.05, 4.69) is 44.5 Å². The minimum Gasteiger partial charge on any atom is -0.366 e. The van der Waals surface area contributed by atoms with Crippen molar-refractivity contribution in [2.45, 2.75) is 32.2 Å². The zero-order valence-corrected chi connectivity index (χ0v) is 14.6. The second kappa shape index (κ2) is 5.98. The molecule has 0 radical (unpaired) electrons. The number of H-pyrrole nitrogens is 2. The van der Waals surface area contributed by atoms with Gasteiger partial charge in [-0.2, -0.15) is 5.10 Å². The third-order valence-electron chi connectivity index (χ3n) is 4.96. The fourth-order valence-electron chi connectivity index (χ4n) is 3.47. The summed E-state index contributed by atoms with van der Waals surface area (Å²) in [5.41, 5.74) is 6.78. The van der Waals surface area contributed by atoms with Gasteiger partial charge in [0.1, 0.15) is 11.5 Å². The van der Waals surface area contributed by atoms with Crippen molar-refractivity contribution < 1.29 is 0 Å². The Bertz CT molecular complexity index is 1060. The highest BCUT2D eigenvalue weighted by molar-refractivity contribution is 5.96. The van der Waals surface area contributed by atoms with Gasteiger partial charge in [-0.3, -0.25) is 10.1 Å². The van der Waals surface area contributed by atoms with Crippen LogP contribution in [0.5, 0.6) is 0 Å². The van der Waals surface area contributed by atoms with Gasteiger partial charge in [-0.05, 0) is 49.6 Å². The van der Waals surface area contributed by atoms with Gasteiger partial charge in [0, 0.05) is 53.3 Å². The van der Waals surface area contributed by atoms with Crippen LogP contribution in [0.2, 0.25) is 0 Å². The van der Waals surface area contributed by atoms with E-state index < -0.39 is 0 Å². The fourth-order valence-corrected chi connectivity index (χ4v) is 3.47. The normalized spacial score (nSPS) is 14.0. The highest BCUT2D eigenvalue weighted by atomic mass is 15.1. The SMILES string of the molecule is Cc1[nH]nc(C2CC2)c1-c1cc(NCc2ccncc2)nc2[nH]ccc12. The van der Waals surface area contributed by atoms with Crippen molar-refractivity contribution in [2.24, 2.45) is 0 Å². The molecule has 4 aromatic heterocycles. The maximum Gasteiger partial charge on any atom is 0.140 e. The molecule has 4 heterocycles. The lowest BCUT2D eigenvalue weighted by Gasteiger charge is -2.10. The maximum atomic E-state index is 4.73. The number of nitrogens with zero attached hydrogens (tertiary/aromatic N) is 3. The second-order valence-electron chi connectivity index (χ2n) is 6.89. The summed E-state index contributed by atoms with van der Waals surface area (Å²) >= 11 is 0. The third-order valence-corrected chi connectivity index (χ3v) is 4.96. The molecule has 26 heavy (non-hydrogen) atoms. The number of aromatic nitrogens is 5. The summed E-state index contributed by atoms with van der Waals surface area (Å²) in [5, 5.41) is 12.3. The minimum absolute atomic E-state index is 0.588. The Morgan fingerprint density at radius 2 is 2.04 bits per heavy atom. The van der Waals surface area contributed by atoms with Crippen LogP contribution in [0.4, 0.5) is 5.82 Å². The van der Waals surface area contributed by atoms with Gasteiger partial charge >= 0.3 is 0 Å². The molecule has 6 nitrogen and oxygen atoms in total. The summed E-state index contributed by atoms with van der Waals surface area (Å²) in [6.07, 6.45) is 8.01. The molecule has 0 bridgehead atoms. The highest BCUT2D eigenvalue weighted by Crippen LogP contribution is 2.45. The van der Waals surface area contributed by atoms with Crippen LogP contribution in [-0.4, -0.2) is 25.1 Å². The van der Waals surface area contributed by atoms with Gasteiger partial charge in [-0.15, -0.1) is 0 Å². The summed E-state index contributed by atoms with van der Waals surface area (Å²) in [6.45, 7) is 2.80. The molecule has 4 aromatic rings. The predicted octanol–water partition coefficient (Wildman–Crippen LogP) is 4.15. The quantitative estimate of drug-likeness (QED) is 0.508. The van der Waals surface area contributed by atoms with Crippen LogP contribution in [0.25, 0.3) is 22.2 Å². The van der Waals surface area contributed by atoms with Crippen molar-refractivity contribution in [3.63, 3.8) is 0 Å². The van der Waals surface area contributed by atoms with Gasteiger partial charge in [0.25, 0.3) is 0 Å². The Morgan fingerprint density at radius 3 is 2.85 bits per heavy atom. The average Bonchev–Trinajstić information content (AvgIpc) is 3.27. The summed E-state index contributed by atoms with van der Waals surface area (Å²) in [6, 6.07) is 8.24. The van der Waals surface area contributed by atoms with Crippen molar-refractivity contribution in [1.82, 2.24) is 25.1 Å². The van der Waals surface area contributed by atoms with E-state index in [9.17, 15) is 0 Å². The molecule has 0 spiro atoms. The monoisotopic (exact) mass is 344 g/mol. The van der Waals surface area contributed by atoms with Crippen molar-refractivity contribution in [2.75, 3.05) is 5.32 Å². The van der Waals surface area contributed by atoms with Crippen LogP contribution < -0.4 is 5.32 Å². The van der Waals surface area contributed by atoms with Crippen LogP contribution >= 0.6 is 0 Å². The Balaban J connectivity index is 1.57. The number of hydrogen-bond donors (Lipinski definition) is 3. The number of anilines is 1. The van der Waals surface area contributed by atoms with Crippen LogP contribution in [0.1, 0.15) is 35.7 Å². The lowest BCUT2D eigenvalue weighted by molar-refractivity contribution is 0.955. The summed E-state index contributed by atoms with van der Waals surface area (Å²) in [4.78, 5) is 12.0. The number of hydrogen-bond acceptors (Lipinski definition) is 4. The zero-order valence-electron chi connectivity index (χ0n) is 14.6. The van der Waals surface area contributed by atoms with Crippen LogP contribution in [-0.2, 0) is 6.54 Å². The van der Waals surface area contributed by atoms with Crippen molar-refractivity contribution in [1.29, 1.82) is 0 Å². The molecule has 5 rings (SSSR count). The maximum absolute atomic E-state index is 4.73. The number of aryl methyl sites for hydroxylation is 1. The first-order valence-electron chi connectivity index (χ1n) is 8.96. The van der Waals surface area contributed by atoms with E-state index in [0.717, 1.165) is 22.5 Å². The summed E-state index contributed by atoms with van der Waals surface area (Å²) in [7, 11) is 0. The van der Waals surface area contributed by atoms with Crippen LogP contribution in [0.15, 0.2) is 42.9 Å². The number of fused-ring (bicyclic) bond motifs is 1. The van der Waals surface area contributed by atoms with Gasteiger partial charge in [0.15, 0.2) is 0 Å². The molecule has 0 atom stereocenters. The molecule has 3 N–H and O–H groups in total. The van der Waals surface area contributed by atoms with Crippen molar-refractivity contribution in [3.8, 4) is 11.1 Å². The number of rotatable bonds is 5. The molecule has 1 aliphatic carbocycles. The number of nitrogens with one attached hydrogen (secondary N) is 3. The van der Waals surface area contributed by atoms with E-state index in [1.54, 1.807) is 12.4 Å². The van der Waals surface area contributed by atoms with Gasteiger partial charge in [0.2, 0.25) is 0 Å². The first-order chi connectivity index (χ1) is 12.8. The van der Waals surface area contributed by atoms with Crippen LogP contribution in [0.3, 0.4) is 0 Å². The Morgan fingerprint density at radius 1 is 1.19 bits per heavy atom. The predicted molar refractivity (Wildman–Crippen MR) is 102 cm³/mol. The van der Waals surface area contributed by atoms with Crippen molar-refractivity contribution in [3.05, 3.63) is 59.8 Å². The van der Waals surface area contributed by atoms with Gasteiger partial charge in [0.05, 0.1) is 5.69 Å². The van der Waals surface area contributed by atoms with E-state index >= 15 is 0 Å². The molecule has 1 saturated carbocycles. The molecule has 0 unspecified atom stereocenters. The molecule has 6 heteroatoms. The first kappa shape index (κ1) is 15.1. The van der Waals surface area contributed by atoms with E-state index in [0.29, 0.717) is 12.5 Å². The average molecular weight is 344 g/mol. The molecular formula is C20H20N6. The smallest absolute Gasteiger partial charge is 0.140 e. The molecular weight excluding hydrogens is 324 g/mol. The molecule has 0 amide bonds. The first-order valence-corrected chi connectivity index (χ1v) is 8.96. The Labute approximate surface area is 151 Å². The molecule has 0 aromatic carbocycles. The van der Waals surface area contributed by atoms with E-state index in [1.165, 1.54) is 35.2 Å². The number of aromatic amines is 2. The molecule has 130 valence electrons. The standard InChI is InChI=1S/C20H20N6/c1-12-18(19(26-25-12)14-2-3-14)16-10-17(24-20-15(16)6-9-22-20)23-11-13-4-7-21-8-5-13/h4-10,14H,2-3,11H2,1H3,(H,25,26)(H2,22,23,24). The van der Waals surface area contributed by atoms with E-state index in [-0.39, 0.29) is 0 Å². The highest BCUT2D eigenvalue weighted by Gasteiger charge is 2.30. The zero-order chi connectivity index (χ0) is 17.5. The Hall–Kier alpha value is -3.15. The van der Waals surface area contributed by atoms with E-state index in [4.69, 9.17) is 4.98 Å². The molecule has 1 fully saturated rings. The van der Waals surface area contributed by atoms with Gasteiger partial charge in [-0.25, -0.2) is 4.98 Å². The Kier molecular flexibility index (Phi) is 3.48. The molecule has 1 aliphatic rings. The fraction of sp³-hybridized carbons (Fsp3) is 0.250. The molecule has 0 aliphatic heterocycles. The third kappa shape index (κ3) is 2.63. The van der Waals surface area contributed by atoms with Crippen molar-refractivity contribution >= 4 is 16.9 Å².